The Morgan fingerprint density at radius 1 is 1.50 bits per heavy atom. The number of rotatable bonds is 3. The number of hydrogen-bond donors (Lipinski definition) is 1. The van der Waals surface area contributed by atoms with Gasteiger partial charge < -0.3 is 9.84 Å². The number of phenolic OH excluding ortho intramolecular Hbond substituents is 1. The highest BCUT2D eigenvalue weighted by Gasteiger charge is 2.36. The van der Waals surface area contributed by atoms with E-state index in [1.54, 1.807) is 6.07 Å². The van der Waals surface area contributed by atoms with Crippen LogP contribution in [0.2, 0.25) is 5.02 Å². The fourth-order valence-electron chi connectivity index (χ4n) is 1.65. The molecule has 22 heavy (non-hydrogen) atoms. The van der Waals surface area contributed by atoms with Crippen LogP contribution in [-0.4, -0.2) is 40.8 Å². The van der Waals surface area contributed by atoms with E-state index in [9.17, 15) is 19.5 Å². The van der Waals surface area contributed by atoms with E-state index in [1.807, 2.05) is 0 Å². The molecule has 1 heterocycles. The van der Waals surface area contributed by atoms with Crippen LogP contribution >= 0.6 is 39.3 Å². The molecule has 0 radical (unpaired) electrons. The van der Waals surface area contributed by atoms with E-state index in [4.69, 9.17) is 11.6 Å². The minimum atomic E-state index is -0.682. The molecule has 1 N–H and O–H groups in total. The van der Waals surface area contributed by atoms with Crippen molar-refractivity contribution in [3.05, 3.63) is 32.1 Å². The molecule has 0 aliphatic carbocycles. The molecule has 0 bridgehead atoms. The van der Waals surface area contributed by atoms with Crippen molar-refractivity contribution >= 4 is 62.5 Å². The third-order valence-corrected chi connectivity index (χ3v) is 4.53. The fourth-order valence-corrected chi connectivity index (χ4v) is 3.31. The maximum atomic E-state index is 12.1. The summed E-state index contributed by atoms with van der Waals surface area (Å²) in [5.74, 6) is -1.38. The van der Waals surface area contributed by atoms with Crippen LogP contribution in [0.25, 0.3) is 6.08 Å². The van der Waals surface area contributed by atoms with Crippen molar-refractivity contribution in [2.45, 2.75) is 0 Å². The van der Waals surface area contributed by atoms with E-state index in [1.165, 1.54) is 19.3 Å². The number of benzene rings is 1. The summed E-state index contributed by atoms with van der Waals surface area (Å²) in [6.45, 7) is -0.432. The Hall–Kier alpha value is -1.51. The lowest BCUT2D eigenvalue weighted by atomic mass is 10.2. The SMILES string of the molecule is COC(=O)CN1C(=O)SC(=Cc2cc(Cl)c(O)c(Br)c2)C1=O. The van der Waals surface area contributed by atoms with Gasteiger partial charge in [0.2, 0.25) is 0 Å². The third kappa shape index (κ3) is 3.45. The van der Waals surface area contributed by atoms with Crippen molar-refractivity contribution < 1.29 is 24.2 Å². The highest BCUT2D eigenvalue weighted by molar-refractivity contribution is 9.10. The number of amides is 2. The molecule has 6 nitrogen and oxygen atoms in total. The number of halogens is 2. The van der Waals surface area contributed by atoms with Gasteiger partial charge in [-0.2, -0.15) is 0 Å². The predicted molar refractivity (Wildman–Crippen MR) is 85.5 cm³/mol. The van der Waals surface area contributed by atoms with Crippen molar-refractivity contribution in [1.82, 2.24) is 4.90 Å². The maximum absolute atomic E-state index is 12.1. The number of phenols is 1. The summed E-state index contributed by atoms with van der Waals surface area (Å²) in [7, 11) is 1.17. The van der Waals surface area contributed by atoms with Crippen LogP contribution in [-0.2, 0) is 14.3 Å². The first kappa shape index (κ1) is 16.9. The van der Waals surface area contributed by atoms with Crippen LogP contribution in [0.3, 0.4) is 0 Å². The minimum absolute atomic E-state index is 0.106. The Morgan fingerprint density at radius 2 is 2.18 bits per heavy atom. The number of methoxy groups -OCH3 is 1. The van der Waals surface area contributed by atoms with Gasteiger partial charge in [0.25, 0.3) is 11.1 Å². The van der Waals surface area contributed by atoms with Gasteiger partial charge in [-0.25, -0.2) is 0 Å². The molecule has 2 amide bonds. The summed E-state index contributed by atoms with van der Waals surface area (Å²) in [6, 6.07) is 3.01. The zero-order valence-electron chi connectivity index (χ0n) is 11.1. The Bertz CT molecular complexity index is 683. The molecule has 2 rings (SSSR count). The van der Waals surface area contributed by atoms with Gasteiger partial charge in [-0.1, -0.05) is 11.6 Å². The Balaban J connectivity index is 2.28. The molecule has 0 unspecified atom stereocenters. The van der Waals surface area contributed by atoms with E-state index < -0.39 is 23.7 Å². The maximum Gasteiger partial charge on any atom is 0.325 e. The second kappa shape index (κ2) is 6.72. The van der Waals surface area contributed by atoms with Gasteiger partial charge in [-0.3, -0.25) is 19.3 Å². The lowest BCUT2D eigenvalue weighted by molar-refractivity contribution is -0.143. The van der Waals surface area contributed by atoms with E-state index in [-0.39, 0.29) is 15.7 Å². The molecule has 0 saturated carbocycles. The van der Waals surface area contributed by atoms with Crippen molar-refractivity contribution in [3.63, 3.8) is 0 Å². The zero-order valence-corrected chi connectivity index (χ0v) is 14.3. The third-order valence-electron chi connectivity index (χ3n) is 2.73. The number of imide groups is 1. The van der Waals surface area contributed by atoms with Crippen LogP contribution in [0, 0.1) is 0 Å². The Labute approximate surface area is 143 Å². The molecule has 1 aliphatic heterocycles. The summed E-state index contributed by atoms with van der Waals surface area (Å²) >= 11 is 9.69. The first-order valence-corrected chi connectivity index (χ1v) is 7.82. The summed E-state index contributed by atoms with van der Waals surface area (Å²) in [6.07, 6.45) is 1.46. The van der Waals surface area contributed by atoms with E-state index in [0.29, 0.717) is 21.8 Å². The molecule has 1 aromatic rings. The first-order chi connectivity index (χ1) is 10.3. The van der Waals surface area contributed by atoms with Gasteiger partial charge >= 0.3 is 5.97 Å². The molecule has 0 atom stereocenters. The fraction of sp³-hybridized carbons (Fsp3) is 0.154. The first-order valence-electron chi connectivity index (χ1n) is 5.83. The van der Waals surface area contributed by atoms with Crippen molar-refractivity contribution in [2.75, 3.05) is 13.7 Å². The van der Waals surface area contributed by atoms with Crippen LogP contribution in [0.1, 0.15) is 5.56 Å². The molecular formula is C13H9BrClNO5S. The number of ether oxygens (including phenoxy) is 1. The molecule has 1 aromatic carbocycles. The zero-order chi connectivity index (χ0) is 16.4. The quantitative estimate of drug-likeness (QED) is 0.613. The summed E-state index contributed by atoms with van der Waals surface area (Å²) in [5, 5.41) is 9.12. The number of nitrogens with zero attached hydrogens (tertiary/aromatic N) is 1. The van der Waals surface area contributed by atoms with Crippen LogP contribution < -0.4 is 0 Å². The number of hydrogen-bond acceptors (Lipinski definition) is 6. The van der Waals surface area contributed by atoms with Gasteiger partial charge in [0.05, 0.1) is 21.5 Å². The number of thioether (sulfide) groups is 1. The number of carbonyl (C=O) groups is 3. The molecule has 9 heteroatoms. The molecule has 1 saturated heterocycles. The number of carbonyl (C=O) groups excluding carboxylic acids is 3. The van der Waals surface area contributed by atoms with Crippen LogP contribution in [0.4, 0.5) is 4.79 Å². The summed E-state index contributed by atoms with van der Waals surface area (Å²) in [4.78, 5) is 36.1. The van der Waals surface area contributed by atoms with Gasteiger partial charge in [0.1, 0.15) is 12.3 Å². The molecule has 116 valence electrons. The van der Waals surface area contributed by atoms with Gasteiger partial charge in [0, 0.05) is 0 Å². The second-order valence-corrected chi connectivity index (χ2v) is 6.43. The van der Waals surface area contributed by atoms with E-state index in [0.717, 1.165) is 4.90 Å². The van der Waals surface area contributed by atoms with Crippen molar-refractivity contribution in [1.29, 1.82) is 0 Å². The normalized spacial score (nSPS) is 16.5. The largest absolute Gasteiger partial charge is 0.505 e. The Morgan fingerprint density at radius 3 is 2.77 bits per heavy atom. The topological polar surface area (TPSA) is 83.9 Å². The molecule has 0 spiro atoms. The lowest BCUT2D eigenvalue weighted by Crippen LogP contribution is -2.34. The van der Waals surface area contributed by atoms with Crippen LogP contribution in [0.15, 0.2) is 21.5 Å². The van der Waals surface area contributed by atoms with Crippen molar-refractivity contribution in [2.24, 2.45) is 0 Å². The smallest absolute Gasteiger partial charge is 0.325 e. The Kier molecular flexibility index (Phi) is 5.15. The number of aromatic hydroxyl groups is 1. The average molecular weight is 407 g/mol. The van der Waals surface area contributed by atoms with E-state index >= 15 is 0 Å². The van der Waals surface area contributed by atoms with Gasteiger partial charge in [0.15, 0.2) is 0 Å². The second-order valence-electron chi connectivity index (χ2n) is 4.18. The summed E-state index contributed by atoms with van der Waals surface area (Å²) in [5.41, 5.74) is 0.526. The molecule has 0 aromatic heterocycles. The average Bonchev–Trinajstić information content (AvgIpc) is 2.72. The monoisotopic (exact) mass is 405 g/mol. The van der Waals surface area contributed by atoms with E-state index in [2.05, 4.69) is 20.7 Å². The highest BCUT2D eigenvalue weighted by Crippen LogP contribution is 2.36. The minimum Gasteiger partial charge on any atom is -0.505 e. The van der Waals surface area contributed by atoms with Crippen molar-refractivity contribution in [3.8, 4) is 5.75 Å². The lowest BCUT2D eigenvalue weighted by Gasteiger charge is -2.09. The molecule has 1 aliphatic rings. The molecule has 1 fully saturated rings. The molecular weight excluding hydrogens is 398 g/mol. The van der Waals surface area contributed by atoms with Crippen LogP contribution in [0.5, 0.6) is 5.75 Å². The number of esters is 1. The van der Waals surface area contributed by atoms with Gasteiger partial charge in [-0.05, 0) is 51.5 Å². The summed E-state index contributed by atoms with van der Waals surface area (Å²) < 4.78 is 4.80. The highest BCUT2D eigenvalue weighted by atomic mass is 79.9. The standard InChI is InChI=1S/C13H9BrClNO5S/c1-21-10(17)5-16-12(19)9(22-13(16)20)4-6-2-7(14)11(18)8(15)3-6/h2-4,18H,5H2,1H3. The predicted octanol–water partition coefficient (Wildman–Crippen LogP) is 3.02. The van der Waals surface area contributed by atoms with Gasteiger partial charge in [-0.15, -0.1) is 0 Å².